The molecule has 2 rings (SSSR count). The van der Waals surface area contributed by atoms with Crippen molar-refractivity contribution in [2.24, 2.45) is 0 Å². The van der Waals surface area contributed by atoms with Gasteiger partial charge in [0.1, 0.15) is 0 Å². The van der Waals surface area contributed by atoms with Gasteiger partial charge in [0.05, 0.1) is 11.1 Å². The minimum Gasteiger partial charge on any atom is -0.348 e. The van der Waals surface area contributed by atoms with Crippen molar-refractivity contribution in [1.29, 1.82) is 0 Å². The fourth-order valence-corrected chi connectivity index (χ4v) is 2.01. The van der Waals surface area contributed by atoms with Gasteiger partial charge in [0, 0.05) is 6.54 Å². The molecule has 0 saturated carbocycles. The lowest BCUT2D eigenvalue weighted by molar-refractivity contribution is -0.137. The monoisotopic (exact) mass is 293 g/mol. The Bertz CT molecular complexity index is 650. The highest BCUT2D eigenvalue weighted by atomic mass is 19.4. The van der Waals surface area contributed by atoms with Gasteiger partial charge in [-0.25, -0.2) is 0 Å². The molecule has 0 unspecified atom stereocenters. The Balaban J connectivity index is 2.17. The Labute approximate surface area is 120 Å². The van der Waals surface area contributed by atoms with E-state index < -0.39 is 17.6 Å². The fourth-order valence-electron chi connectivity index (χ4n) is 2.01. The Hall–Kier alpha value is -2.30. The molecule has 1 N–H and O–H groups in total. The highest BCUT2D eigenvalue weighted by Crippen LogP contribution is 2.31. The van der Waals surface area contributed by atoms with Gasteiger partial charge < -0.3 is 5.32 Å². The summed E-state index contributed by atoms with van der Waals surface area (Å²) in [5.74, 6) is -0.730. The third kappa shape index (κ3) is 3.62. The predicted molar refractivity (Wildman–Crippen MR) is 73.8 cm³/mol. The number of hydrogen-bond acceptors (Lipinski definition) is 1. The van der Waals surface area contributed by atoms with Crippen molar-refractivity contribution in [3.8, 4) is 0 Å². The Kier molecular flexibility index (Phi) is 4.31. The van der Waals surface area contributed by atoms with Crippen LogP contribution in [0.4, 0.5) is 13.2 Å². The molecule has 0 aliphatic carbocycles. The van der Waals surface area contributed by atoms with Crippen molar-refractivity contribution < 1.29 is 18.0 Å². The molecular weight excluding hydrogens is 279 g/mol. The molecule has 110 valence electrons. The van der Waals surface area contributed by atoms with E-state index in [2.05, 4.69) is 5.32 Å². The second kappa shape index (κ2) is 5.99. The van der Waals surface area contributed by atoms with E-state index in [1.807, 2.05) is 31.2 Å². The molecule has 0 saturated heterocycles. The van der Waals surface area contributed by atoms with Crippen LogP contribution < -0.4 is 5.32 Å². The first kappa shape index (κ1) is 15.1. The molecule has 1 amide bonds. The third-order valence-electron chi connectivity index (χ3n) is 3.18. The van der Waals surface area contributed by atoms with Gasteiger partial charge in [0.25, 0.3) is 5.91 Å². The van der Waals surface area contributed by atoms with Crippen molar-refractivity contribution in [2.45, 2.75) is 19.6 Å². The van der Waals surface area contributed by atoms with Crippen LogP contribution in [0.1, 0.15) is 27.0 Å². The largest absolute Gasteiger partial charge is 0.417 e. The van der Waals surface area contributed by atoms with Crippen molar-refractivity contribution in [1.82, 2.24) is 5.32 Å². The number of carbonyl (C=O) groups is 1. The van der Waals surface area contributed by atoms with Crippen LogP contribution in [-0.2, 0) is 12.7 Å². The van der Waals surface area contributed by atoms with Gasteiger partial charge in [0.15, 0.2) is 0 Å². The van der Waals surface area contributed by atoms with E-state index in [-0.39, 0.29) is 12.1 Å². The minimum absolute atomic E-state index is 0.192. The summed E-state index contributed by atoms with van der Waals surface area (Å²) in [5, 5.41) is 2.53. The van der Waals surface area contributed by atoms with Crippen molar-refractivity contribution in [3.63, 3.8) is 0 Å². The highest BCUT2D eigenvalue weighted by Gasteiger charge is 2.34. The normalized spacial score (nSPS) is 11.2. The third-order valence-corrected chi connectivity index (χ3v) is 3.18. The van der Waals surface area contributed by atoms with E-state index in [4.69, 9.17) is 0 Å². The zero-order chi connectivity index (χ0) is 15.5. The molecule has 0 aliphatic rings. The maximum Gasteiger partial charge on any atom is 0.417 e. The topological polar surface area (TPSA) is 29.1 Å². The lowest BCUT2D eigenvalue weighted by Gasteiger charge is -2.13. The standard InChI is InChI=1S/C16H14F3NO/c1-11-6-2-3-7-12(11)10-20-15(21)13-8-4-5-9-14(13)16(17,18)19/h2-9H,10H2,1H3,(H,20,21). The number of nitrogens with one attached hydrogen (secondary N) is 1. The number of carbonyl (C=O) groups excluding carboxylic acids is 1. The van der Waals surface area contributed by atoms with Crippen LogP contribution in [0.3, 0.4) is 0 Å². The van der Waals surface area contributed by atoms with Crippen LogP contribution in [0.2, 0.25) is 0 Å². The number of benzene rings is 2. The summed E-state index contributed by atoms with van der Waals surface area (Å²) >= 11 is 0. The molecule has 5 heteroatoms. The number of hydrogen-bond donors (Lipinski definition) is 1. The second-order valence-corrected chi connectivity index (χ2v) is 4.65. The van der Waals surface area contributed by atoms with Crippen molar-refractivity contribution in [2.75, 3.05) is 0 Å². The average molecular weight is 293 g/mol. The highest BCUT2D eigenvalue weighted by molar-refractivity contribution is 5.95. The lowest BCUT2D eigenvalue weighted by atomic mass is 10.1. The van der Waals surface area contributed by atoms with E-state index in [0.717, 1.165) is 17.2 Å². The van der Waals surface area contributed by atoms with Crippen molar-refractivity contribution in [3.05, 3.63) is 70.8 Å². The Morgan fingerprint density at radius 2 is 1.67 bits per heavy atom. The smallest absolute Gasteiger partial charge is 0.348 e. The molecule has 0 atom stereocenters. The number of rotatable bonds is 3. The average Bonchev–Trinajstić information content (AvgIpc) is 2.45. The van der Waals surface area contributed by atoms with Gasteiger partial charge in [-0.15, -0.1) is 0 Å². The van der Waals surface area contributed by atoms with Gasteiger partial charge in [-0.1, -0.05) is 36.4 Å². The zero-order valence-corrected chi connectivity index (χ0v) is 11.4. The molecule has 0 spiro atoms. The number of halogens is 3. The van der Waals surface area contributed by atoms with Crippen LogP contribution in [0.5, 0.6) is 0 Å². The SMILES string of the molecule is Cc1ccccc1CNC(=O)c1ccccc1C(F)(F)F. The van der Waals surface area contributed by atoms with Crippen LogP contribution in [0.15, 0.2) is 48.5 Å². The summed E-state index contributed by atoms with van der Waals surface area (Å²) in [7, 11) is 0. The molecule has 2 aromatic carbocycles. The molecular formula is C16H14F3NO. The first-order valence-corrected chi connectivity index (χ1v) is 6.38. The van der Waals surface area contributed by atoms with Gasteiger partial charge in [0.2, 0.25) is 0 Å². The summed E-state index contributed by atoms with van der Waals surface area (Å²) in [4.78, 5) is 12.0. The van der Waals surface area contributed by atoms with Gasteiger partial charge in [-0.3, -0.25) is 4.79 Å². The summed E-state index contributed by atoms with van der Waals surface area (Å²) < 4.78 is 38.6. The lowest BCUT2D eigenvalue weighted by Crippen LogP contribution is -2.26. The van der Waals surface area contributed by atoms with Crippen LogP contribution >= 0.6 is 0 Å². The summed E-state index contributed by atoms with van der Waals surface area (Å²) in [6.07, 6.45) is -4.55. The van der Waals surface area contributed by atoms with Gasteiger partial charge in [-0.05, 0) is 30.2 Å². The summed E-state index contributed by atoms with van der Waals surface area (Å²) in [6, 6.07) is 12.1. The first-order chi connectivity index (χ1) is 9.89. The van der Waals surface area contributed by atoms with E-state index in [1.54, 1.807) is 0 Å². The predicted octanol–water partition coefficient (Wildman–Crippen LogP) is 3.94. The molecule has 0 radical (unpaired) electrons. The van der Waals surface area contributed by atoms with Crippen LogP contribution in [-0.4, -0.2) is 5.91 Å². The number of alkyl halides is 3. The number of amides is 1. The van der Waals surface area contributed by atoms with E-state index in [0.29, 0.717) is 0 Å². The van der Waals surface area contributed by atoms with E-state index >= 15 is 0 Å². The summed E-state index contributed by atoms with van der Waals surface area (Å²) in [5.41, 5.74) is 0.558. The Morgan fingerprint density at radius 1 is 1.05 bits per heavy atom. The quantitative estimate of drug-likeness (QED) is 0.912. The molecule has 0 heterocycles. The van der Waals surface area contributed by atoms with E-state index in [1.165, 1.54) is 18.2 Å². The fraction of sp³-hybridized carbons (Fsp3) is 0.188. The number of aryl methyl sites for hydroxylation is 1. The molecule has 21 heavy (non-hydrogen) atoms. The summed E-state index contributed by atoms with van der Waals surface area (Å²) in [6.45, 7) is 2.07. The minimum atomic E-state index is -4.55. The molecule has 2 aromatic rings. The van der Waals surface area contributed by atoms with Gasteiger partial charge >= 0.3 is 6.18 Å². The Morgan fingerprint density at radius 3 is 2.33 bits per heavy atom. The molecule has 0 bridgehead atoms. The molecule has 0 aromatic heterocycles. The van der Waals surface area contributed by atoms with Crippen LogP contribution in [0.25, 0.3) is 0 Å². The molecule has 2 nitrogen and oxygen atoms in total. The zero-order valence-electron chi connectivity index (χ0n) is 11.4. The van der Waals surface area contributed by atoms with Gasteiger partial charge in [-0.2, -0.15) is 13.2 Å². The van der Waals surface area contributed by atoms with Crippen molar-refractivity contribution >= 4 is 5.91 Å². The molecule has 0 aliphatic heterocycles. The second-order valence-electron chi connectivity index (χ2n) is 4.65. The van der Waals surface area contributed by atoms with Crippen LogP contribution in [0, 0.1) is 6.92 Å². The van der Waals surface area contributed by atoms with E-state index in [9.17, 15) is 18.0 Å². The first-order valence-electron chi connectivity index (χ1n) is 6.38. The molecule has 0 fully saturated rings. The maximum absolute atomic E-state index is 12.9. The maximum atomic E-state index is 12.9.